The molecule has 2 aliphatic rings. The molecule has 15 nitrogen and oxygen atoms in total. The topological polar surface area (TPSA) is 232 Å². The molecule has 0 spiro atoms. The van der Waals surface area contributed by atoms with E-state index in [1.54, 1.807) is 26.0 Å². The van der Waals surface area contributed by atoms with Crippen LogP contribution in [0.5, 0.6) is 0 Å². The van der Waals surface area contributed by atoms with Gasteiger partial charge in [0.15, 0.2) is 17.7 Å². The zero-order valence-electron chi connectivity index (χ0n) is 25.4. The maximum absolute atomic E-state index is 11.1. The minimum Gasteiger partial charge on any atom is -0.395 e. The van der Waals surface area contributed by atoms with Crippen molar-refractivity contribution in [2.75, 3.05) is 32.1 Å². The van der Waals surface area contributed by atoms with E-state index in [1.807, 2.05) is 11.0 Å². The summed E-state index contributed by atoms with van der Waals surface area (Å²) in [5, 5.41) is 62.3. The predicted molar refractivity (Wildman–Crippen MR) is 163 cm³/mol. The number of anilines is 1. The van der Waals surface area contributed by atoms with Crippen LogP contribution in [0.1, 0.15) is 50.7 Å². The van der Waals surface area contributed by atoms with E-state index in [2.05, 4.69) is 19.9 Å². The number of aromatic amines is 1. The standard InChI is InChI=1S/C30H42N8O7/c1-29(2,44)38(10-21-24(42)25(43)28(45-21)37-15-34-23-26(31)32-14-33-27(23)37)18-7-16(8-18)3-6-22-35-19-5-4-17(9-20(19)36-22)30(11-39,12-40)13-41/h4-5,9,14-16,18,21,24-25,28,39-44H,3,6-8,10-13H2,1-2H3,(H,35,36)(H2,31,32,33)/t16?,18?,21-,24-,25-,28-/m1/s1. The molecule has 0 radical (unpaired) electrons. The van der Waals surface area contributed by atoms with Gasteiger partial charge in [0.05, 0.1) is 42.6 Å². The number of fused-ring (bicyclic) bond motifs is 2. The minimum atomic E-state index is -1.24. The number of imidazole rings is 2. The number of aliphatic hydroxyl groups excluding tert-OH is 5. The summed E-state index contributed by atoms with van der Waals surface area (Å²) >= 11 is 0. The number of nitrogens with two attached hydrogens (primary N) is 1. The molecule has 244 valence electrons. The average molecular weight is 627 g/mol. The maximum atomic E-state index is 11.1. The number of aliphatic hydroxyl groups is 6. The summed E-state index contributed by atoms with van der Waals surface area (Å²) < 4.78 is 7.69. The van der Waals surface area contributed by atoms with Gasteiger partial charge in [0, 0.05) is 19.0 Å². The number of aromatic nitrogens is 6. The number of aryl methyl sites for hydroxylation is 1. The molecule has 1 saturated carbocycles. The highest BCUT2D eigenvalue weighted by Crippen LogP contribution is 2.40. The molecule has 9 N–H and O–H groups in total. The molecule has 3 aromatic heterocycles. The predicted octanol–water partition coefficient (Wildman–Crippen LogP) is -0.439. The minimum absolute atomic E-state index is 0.0606. The van der Waals surface area contributed by atoms with Crippen molar-refractivity contribution < 1.29 is 35.4 Å². The summed E-state index contributed by atoms with van der Waals surface area (Å²) in [6.45, 7) is 2.48. The lowest BCUT2D eigenvalue weighted by Gasteiger charge is -2.49. The smallest absolute Gasteiger partial charge is 0.167 e. The van der Waals surface area contributed by atoms with E-state index in [0.29, 0.717) is 28.2 Å². The average Bonchev–Trinajstić information content (AvgIpc) is 3.68. The third-order valence-corrected chi connectivity index (χ3v) is 9.57. The number of benzene rings is 1. The quantitative estimate of drug-likeness (QED) is 0.0933. The van der Waals surface area contributed by atoms with Gasteiger partial charge in [0.1, 0.15) is 41.7 Å². The molecule has 0 bridgehead atoms. The van der Waals surface area contributed by atoms with Gasteiger partial charge in [0.2, 0.25) is 0 Å². The van der Waals surface area contributed by atoms with Crippen molar-refractivity contribution >= 4 is 28.0 Å². The Morgan fingerprint density at radius 1 is 1.07 bits per heavy atom. The molecule has 1 aliphatic carbocycles. The summed E-state index contributed by atoms with van der Waals surface area (Å²) in [7, 11) is 0. The summed E-state index contributed by atoms with van der Waals surface area (Å²) in [5.41, 5.74) is 6.53. The Kier molecular flexibility index (Phi) is 8.56. The number of nitrogen functional groups attached to an aromatic ring is 1. The highest BCUT2D eigenvalue weighted by atomic mass is 16.6. The molecule has 2 fully saturated rings. The largest absolute Gasteiger partial charge is 0.395 e. The first kappa shape index (κ1) is 31.7. The highest BCUT2D eigenvalue weighted by Gasteiger charge is 2.48. The number of rotatable bonds is 12. The van der Waals surface area contributed by atoms with Crippen molar-refractivity contribution in [3.8, 4) is 0 Å². The summed E-state index contributed by atoms with van der Waals surface area (Å²) in [6, 6.07) is 5.48. The number of hydrogen-bond acceptors (Lipinski definition) is 13. The van der Waals surface area contributed by atoms with Crippen LogP contribution in [-0.2, 0) is 16.6 Å². The Morgan fingerprint density at radius 2 is 1.80 bits per heavy atom. The monoisotopic (exact) mass is 626 g/mol. The van der Waals surface area contributed by atoms with Crippen LogP contribution in [0.3, 0.4) is 0 Å². The molecule has 4 atom stereocenters. The fraction of sp³-hybridized carbons (Fsp3) is 0.600. The first-order valence-electron chi connectivity index (χ1n) is 15.2. The van der Waals surface area contributed by atoms with Crippen molar-refractivity contribution in [1.29, 1.82) is 0 Å². The van der Waals surface area contributed by atoms with Gasteiger partial charge >= 0.3 is 0 Å². The van der Waals surface area contributed by atoms with Crippen LogP contribution < -0.4 is 5.73 Å². The molecule has 4 heterocycles. The zero-order valence-corrected chi connectivity index (χ0v) is 25.4. The summed E-state index contributed by atoms with van der Waals surface area (Å²) in [6.07, 6.45) is 1.91. The van der Waals surface area contributed by atoms with Crippen molar-refractivity contribution in [3.05, 3.63) is 42.2 Å². The normalized spacial score (nSPS) is 25.9. The van der Waals surface area contributed by atoms with E-state index >= 15 is 0 Å². The van der Waals surface area contributed by atoms with Gasteiger partial charge in [-0.25, -0.2) is 19.9 Å². The third kappa shape index (κ3) is 5.79. The van der Waals surface area contributed by atoms with Crippen LogP contribution in [-0.4, -0.2) is 121 Å². The molecule has 45 heavy (non-hydrogen) atoms. The van der Waals surface area contributed by atoms with E-state index in [-0.39, 0.29) is 38.2 Å². The van der Waals surface area contributed by atoms with E-state index in [0.717, 1.165) is 37.0 Å². The maximum Gasteiger partial charge on any atom is 0.167 e. The molecular formula is C30H42N8O7. The van der Waals surface area contributed by atoms with Crippen molar-refractivity contribution in [2.45, 2.75) is 81.3 Å². The number of nitrogens with one attached hydrogen (secondary N) is 1. The molecule has 6 rings (SSSR count). The molecular weight excluding hydrogens is 584 g/mol. The molecule has 15 heteroatoms. The molecule has 1 saturated heterocycles. The first-order chi connectivity index (χ1) is 21.5. The Morgan fingerprint density at radius 3 is 2.49 bits per heavy atom. The third-order valence-electron chi connectivity index (χ3n) is 9.57. The van der Waals surface area contributed by atoms with Crippen molar-refractivity contribution in [1.82, 2.24) is 34.4 Å². The Bertz CT molecular complexity index is 1620. The van der Waals surface area contributed by atoms with Crippen LogP contribution in [0, 0.1) is 5.92 Å². The Balaban J connectivity index is 1.07. The van der Waals surface area contributed by atoms with Gasteiger partial charge in [-0.1, -0.05) is 6.07 Å². The lowest BCUT2D eigenvalue weighted by molar-refractivity contribution is -0.151. The second-order valence-electron chi connectivity index (χ2n) is 13.0. The SMILES string of the molecule is CC(C)(O)N(C[C@H]1O[C@@H](n2cnc3c(N)ncnc32)[C@H](O)[C@@H]1O)C1CC(CCc2nc3cc(C(CO)(CO)CO)ccc3[nH]2)C1. The Labute approximate surface area is 259 Å². The van der Waals surface area contributed by atoms with Crippen LogP contribution in [0.4, 0.5) is 5.82 Å². The Hall–Kier alpha value is -3.28. The number of ether oxygens (including phenoxy) is 1. The van der Waals surface area contributed by atoms with Crippen LogP contribution in [0.25, 0.3) is 22.2 Å². The van der Waals surface area contributed by atoms with E-state index < -0.39 is 35.7 Å². The molecule has 4 aromatic rings. The highest BCUT2D eigenvalue weighted by molar-refractivity contribution is 5.81. The van der Waals surface area contributed by atoms with Gasteiger partial charge < -0.3 is 46.1 Å². The van der Waals surface area contributed by atoms with Gasteiger partial charge in [-0.3, -0.25) is 9.47 Å². The lowest BCUT2D eigenvalue weighted by atomic mass is 9.76. The van der Waals surface area contributed by atoms with Gasteiger partial charge in [0.25, 0.3) is 0 Å². The molecule has 0 unspecified atom stereocenters. The molecule has 0 amide bonds. The zero-order chi connectivity index (χ0) is 32.1. The van der Waals surface area contributed by atoms with E-state index in [4.69, 9.17) is 15.5 Å². The number of nitrogens with zero attached hydrogens (tertiary/aromatic N) is 6. The summed E-state index contributed by atoms with van der Waals surface area (Å²) in [4.78, 5) is 22.4. The lowest BCUT2D eigenvalue weighted by Crippen LogP contribution is -2.58. The fourth-order valence-electron chi connectivity index (χ4n) is 6.64. The first-order valence-corrected chi connectivity index (χ1v) is 15.2. The molecule has 1 aromatic carbocycles. The van der Waals surface area contributed by atoms with Crippen LogP contribution >= 0.6 is 0 Å². The summed E-state index contributed by atoms with van der Waals surface area (Å²) in [5.74, 6) is 1.44. The number of hydrogen-bond donors (Lipinski definition) is 8. The van der Waals surface area contributed by atoms with Crippen LogP contribution in [0.15, 0.2) is 30.9 Å². The van der Waals surface area contributed by atoms with E-state index in [1.165, 1.54) is 17.2 Å². The van der Waals surface area contributed by atoms with Crippen molar-refractivity contribution in [2.24, 2.45) is 5.92 Å². The fourth-order valence-corrected chi connectivity index (χ4v) is 6.64. The molecule has 1 aliphatic heterocycles. The van der Waals surface area contributed by atoms with Crippen LogP contribution in [0.2, 0.25) is 0 Å². The van der Waals surface area contributed by atoms with Gasteiger partial charge in [-0.2, -0.15) is 0 Å². The second-order valence-corrected chi connectivity index (χ2v) is 13.0. The van der Waals surface area contributed by atoms with Gasteiger partial charge in [-0.15, -0.1) is 0 Å². The van der Waals surface area contributed by atoms with E-state index in [9.17, 15) is 30.6 Å². The second kappa shape index (κ2) is 12.1. The van der Waals surface area contributed by atoms with Gasteiger partial charge in [-0.05, 0) is 56.7 Å². The number of H-pyrrole nitrogens is 1. The van der Waals surface area contributed by atoms with Crippen molar-refractivity contribution in [3.63, 3.8) is 0 Å².